The van der Waals surface area contributed by atoms with Gasteiger partial charge in [-0.05, 0) is 25.2 Å². The number of likely N-dealkylation sites (N-methyl/N-ethyl adjacent to an activating group) is 2. The van der Waals surface area contributed by atoms with Crippen molar-refractivity contribution in [3.63, 3.8) is 0 Å². The Morgan fingerprint density at radius 1 is 1.39 bits per heavy atom. The monoisotopic (exact) mass is 355 g/mol. The lowest BCUT2D eigenvalue weighted by molar-refractivity contribution is -0.129. The molecule has 124 valence electrons. The Kier molecular flexibility index (Phi) is 6.45. The van der Waals surface area contributed by atoms with Gasteiger partial charge >= 0.3 is 0 Å². The fourth-order valence-electron chi connectivity index (χ4n) is 2.05. The standard InChI is InChI=1S/C16H19Cl2N3O2/c1-19-7-8-21(2)16(22)6-5-15-20-10-14(23-15)12-4-3-11(17)9-13(12)18/h3-4,9-10,19H,5-8H2,1-2H3. The van der Waals surface area contributed by atoms with Crippen LogP contribution in [0, 0.1) is 0 Å². The van der Waals surface area contributed by atoms with Crippen molar-refractivity contribution in [2.75, 3.05) is 27.2 Å². The summed E-state index contributed by atoms with van der Waals surface area (Å²) in [6.07, 6.45) is 2.42. The Hall–Kier alpha value is -1.56. The molecule has 0 radical (unpaired) electrons. The van der Waals surface area contributed by atoms with Gasteiger partial charge in [-0.2, -0.15) is 0 Å². The van der Waals surface area contributed by atoms with Crippen LogP contribution in [0.15, 0.2) is 28.8 Å². The van der Waals surface area contributed by atoms with Crippen molar-refractivity contribution >= 4 is 29.1 Å². The number of nitrogens with zero attached hydrogens (tertiary/aromatic N) is 2. The smallest absolute Gasteiger partial charge is 0.222 e. The van der Waals surface area contributed by atoms with E-state index in [0.717, 1.165) is 12.1 Å². The highest BCUT2D eigenvalue weighted by Gasteiger charge is 2.13. The summed E-state index contributed by atoms with van der Waals surface area (Å²) in [6, 6.07) is 5.18. The second-order valence-corrected chi connectivity index (χ2v) is 6.00. The highest BCUT2D eigenvalue weighted by Crippen LogP contribution is 2.30. The van der Waals surface area contributed by atoms with E-state index in [4.69, 9.17) is 27.6 Å². The van der Waals surface area contributed by atoms with E-state index in [1.54, 1.807) is 36.3 Å². The van der Waals surface area contributed by atoms with E-state index >= 15 is 0 Å². The maximum atomic E-state index is 12.0. The van der Waals surface area contributed by atoms with E-state index in [2.05, 4.69) is 10.3 Å². The second-order valence-electron chi connectivity index (χ2n) is 5.16. The summed E-state index contributed by atoms with van der Waals surface area (Å²) in [6.45, 7) is 1.44. The number of hydrogen-bond donors (Lipinski definition) is 1. The molecule has 1 amide bonds. The van der Waals surface area contributed by atoms with Gasteiger partial charge in [0.1, 0.15) is 0 Å². The molecular formula is C16H19Cl2N3O2. The molecule has 23 heavy (non-hydrogen) atoms. The molecule has 1 N–H and O–H groups in total. The third-order valence-electron chi connectivity index (χ3n) is 3.43. The van der Waals surface area contributed by atoms with Crippen LogP contribution in [0.5, 0.6) is 0 Å². The molecule has 0 fully saturated rings. The number of nitrogens with one attached hydrogen (secondary N) is 1. The molecule has 1 aromatic carbocycles. The molecule has 2 aromatic rings. The predicted molar refractivity (Wildman–Crippen MR) is 91.8 cm³/mol. The maximum absolute atomic E-state index is 12.0. The number of hydrogen-bond acceptors (Lipinski definition) is 4. The van der Waals surface area contributed by atoms with Gasteiger partial charge in [0, 0.05) is 43.6 Å². The highest BCUT2D eigenvalue weighted by molar-refractivity contribution is 6.36. The molecule has 0 bridgehead atoms. The lowest BCUT2D eigenvalue weighted by Crippen LogP contribution is -2.32. The number of oxazole rings is 1. The zero-order chi connectivity index (χ0) is 16.8. The number of carbonyl (C=O) groups excluding carboxylic acids is 1. The normalized spacial score (nSPS) is 10.8. The van der Waals surface area contributed by atoms with Crippen molar-refractivity contribution in [2.45, 2.75) is 12.8 Å². The molecule has 0 saturated heterocycles. The zero-order valence-corrected chi connectivity index (χ0v) is 14.6. The maximum Gasteiger partial charge on any atom is 0.222 e. The Balaban J connectivity index is 1.96. The van der Waals surface area contributed by atoms with Crippen LogP contribution in [0.1, 0.15) is 12.3 Å². The summed E-state index contributed by atoms with van der Waals surface area (Å²) >= 11 is 12.0. The van der Waals surface area contributed by atoms with Gasteiger partial charge in [0.2, 0.25) is 5.91 Å². The van der Waals surface area contributed by atoms with Crippen molar-refractivity contribution in [3.05, 3.63) is 40.3 Å². The van der Waals surface area contributed by atoms with Crippen LogP contribution in [0.2, 0.25) is 10.0 Å². The Labute approximate surface area is 145 Å². The summed E-state index contributed by atoms with van der Waals surface area (Å²) in [5.74, 6) is 1.14. The van der Waals surface area contributed by atoms with Crippen molar-refractivity contribution in [1.29, 1.82) is 0 Å². The first-order chi connectivity index (χ1) is 11.0. The largest absolute Gasteiger partial charge is 0.441 e. The van der Waals surface area contributed by atoms with E-state index < -0.39 is 0 Å². The van der Waals surface area contributed by atoms with Crippen LogP contribution in [0.4, 0.5) is 0 Å². The number of amides is 1. The van der Waals surface area contributed by atoms with Gasteiger partial charge in [-0.15, -0.1) is 0 Å². The topological polar surface area (TPSA) is 58.4 Å². The van der Waals surface area contributed by atoms with E-state index in [9.17, 15) is 4.79 Å². The van der Waals surface area contributed by atoms with Crippen LogP contribution in [-0.2, 0) is 11.2 Å². The first-order valence-electron chi connectivity index (χ1n) is 7.30. The van der Waals surface area contributed by atoms with Gasteiger partial charge in [-0.25, -0.2) is 4.98 Å². The van der Waals surface area contributed by atoms with Gasteiger partial charge in [-0.3, -0.25) is 4.79 Å². The molecule has 0 spiro atoms. The van der Waals surface area contributed by atoms with Crippen LogP contribution < -0.4 is 5.32 Å². The first kappa shape index (κ1) is 17.8. The van der Waals surface area contributed by atoms with Crippen LogP contribution in [0.3, 0.4) is 0 Å². The Morgan fingerprint density at radius 2 is 2.17 bits per heavy atom. The fraction of sp³-hybridized carbons (Fsp3) is 0.375. The molecule has 0 aliphatic carbocycles. The molecule has 0 aliphatic heterocycles. The molecule has 0 atom stereocenters. The van der Waals surface area contributed by atoms with Crippen molar-refractivity contribution in [1.82, 2.24) is 15.2 Å². The number of halogens is 2. The van der Waals surface area contributed by atoms with Crippen LogP contribution >= 0.6 is 23.2 Å². The zero-order valence-electron chi connectivity index (χ0n) is 13.1. The average molecular weight is 356 g/mol. The number of aromatic nitrogens is 1. The van der Waals surface area contributed by atoms with Crippen molar-refractivity contribution < 1.29 is 9.21 Å². The number of aryl methyl sites for hydroxylation is 1. The summed E-state index contributed by atoms with van der Waals surface area (Å²) in [7, 11) is 3.64. The van der Waals surface area contributed by atoms with E-state index in [1.165, 1.54) is 0 Å². The molecule has 0 saturated carbocycles. The van der Waals surface area contributed by atoms with Gasteiger partial charge in [0.05, 0.1) is 11.2 Å². The highest BCUT2D eigenvalue weighted by atomic mass is 35.5. The summed E-state index contributed by atoms with van der Waals surface area (Å²) in [5, 5.41) is 4.08. The third kappa shape index (κ3) is 4.96. The molecular weight excluding hydrogens is 337 g/mol. The molecule has 5 nitrogen and oxygen atoms in total. The molecule has 2 rings (SSSR count). The molecule has 0 aliphatic rings. The SMILES string of the molecule is CNCCN(C)C(=O)CCc1ncc(-c2ccc(Cl)cc2Cl)o1. The van der Waals surface area contributed by atoms with Crippen LogP contribution in [-0.4, -0.2) is 43.0 Å². The number of carbonyl (C=O) groups is 1. The summed E-state index contributed by atoms with van der Waals surface area (Å²) in [5.41, 5.74) is 0.729. The van der Waals surface area contributed by atoms with Gasteiger partial charge in [-0.1, -0.05) is 23.2 Å². The van der Waals surface area contributed by atoms with Gasteiger partial charge in [0.15, 0.2) is 11.7 Å². The summed E-state index contributed by atoms with van der Waals surface area (Å²) < 4.78 is 5.68. The molecule has 1 aromatic heterocycles. The lowest BCUT2D eigenvalue weighted by Gasteiger charge is -2.16. The fourth-order valence-corrected chi connectivity index (χ4v) is 2.55. The van der Waals surface area contributed by atoms with E-state index in [1.807, 2.05) is 7.05 Å². The molecule has 0 unspecified atom stereocenters. The minimum absolute atomic E-state index is 0.0597. The molecule has 1 heterocycles. The lowest BCUT2D eigenvalue weighted by atomic mass is 10.2. The second kappa shape index (κ2) is 8.34. The Bertz CT molecular complexity index is 673. The van der Waals surface area contributed by atoms with E-state index in [0.29, 0.717) is 41.1 Å². The first-order valence-corrected chi connectivity index (χ1v) is 8.05. The number of rotatable bonds is 7. The van der Waals surface area contributed by atoms with Crippen molar-refractivity contribution in [3.8, 4) is 11.3 Å². The van der Waals surface area contributed by atoms with Gasteiger partial charge in [0.25, 0.3) is 0 Å². The quantitative estimate of drug-likeness (QED) is 0.827. The van der Waals surface area contributed by atoms with Crippen LogP contribution in [0.25, 0.3) is 11.3 Å². The minimum atomic E-state index is 0.0597. The van der Waals surface area contributed by atoms with E-state index in [-0.39, 0.29) is 5.91 Å². The third-order valence-corrected chi connectivity index (χ3v) is 3.97. The summed E-state index contributed by atoms with van der Waals surface area (Å²) in [4.78, 5) is 17.9. The van der Waals surface area contributed by atoms with Gasteiger partial charge < -0.3 is 14.6 Å². The molecule has 7 heteroatoms. The average Bonchev–Trinajstić information content (AvgIpc) is 2.98. The van der Waals surface area contributed by atoms with Crippen molar-refractivity contribution in [2.24, 2.45) is 0 Å². The Morgan fingerprint density at radius 3 is 2.87 bits per heavy atom. The minimum Gasteiger partial charge on any atom is -0.441 e. The number of benzene rings is 1. The predicted octanol–water partition coefficient (Wildman–Crippen LogP) is 3.26.